The number of H-pyrrole nitrogens is 1. The lowest BCUT2D eigenvalue weighted by Crippen LogP contribution is -2.32. The molecule has 1 aromatic carbocycles. The van der Waals surface area contributed by atoms with Gasteiger partial charge in [0.2, 0.25) is 0 Å². The Morgan fingerprint density at radius 3 is 2.87 bits per heavy atom. The van der Waals surface area contributed by atoms with Gasteiger partial charge in [-0.2, -0.15) is 5.26 Å². The second kappa shape index (κ2) is 8.44. The highest BCUT2D eigenvalue weighted by Gasteiger charge is 2.28. The van der Waals surface area contributed by atoms with Gasteiger partial charge in [0.25, 0.3) is 11.5 Å². The van der Waals surface area contributed by atoms with Crippen LogP contribution in [0.25, 0.3) is 11.0 Å². The Morgan fingerprint density at radius 1 is 1.35 bits per heavy atom. The third-order valence-electron chi connectivity index (χ3n) is 5.05. The number of pyridine rings is 1. The molecule has 0 aliphatic heterocycles. The van der Waals surface area contributed by atoms with Crippen molar-refractivity contribution in [3.8, 4) is 11.8 Å². The summed E-state index contributed by atoms with van der Waals surface area (Å²) in [5.74, 6) is 0.175. The second-order valence-electron chi connectivity index (χ2n) is 7.41. The molecule has 1 aliphatic rings. The summed E-state index contributed by atoms with van der Waals surface area (Å²) in [7, 11) is 0. The van der Waals surface area contributed by atoms with E-state index in [9.17, 15) is 14.4 Å². The van der Waals surface area contributed by atoms with E-state index >= 15 is 0 Å². The van der Waals surface area contributed by atoms with Gasteiger partial charge in [0.15, 0.2) is 12.3 Å². The number of aromatic nitrogens is 3. The molecule has 9 nitrogen and oxygen atoms in total. The highest BCUT2D eigenvalue weighted by molar-refractivity contribution is 6.11. The molecule has 1 saturated carbocycles. The molecule has 1 fully saturated rings. The first-order valence-electron chi connectivity index (χ1n) is 10.1. The van der Waals surface area contributed by atoms with Gasteiger partial charge in [0.05, 0.1) is 10.9 Å². The smallest absolute Gasteiger partial charge is 0.329 e. The fourth-order valence-corrected chi connectivity index (χ4v) is 3.47. The number of aryl methyl sites for hydroxylation is 1. The van der Waals surface area contributed by atoms with Crippen molar-refractivity contribution in [1.29, 1.82) is 5.26 Å². The number of hydrogen-bond acceptors (Lipinski definition) is 6. The Bertz CT molecular complexity index is 1310. The van der Waals surface area contributed by atoms with Gasteiger partial charge in [-0.1, -0.05) is 13.0 Å². The number of benzene rings is 1. The summed E-state index contributed by atoms with van der Waals surface area (Å²) in [6.45, 7) is 2.19. The van der Waals surface area contributed by atoms with Crippen LogP contribution >= 0.6 is 0 Å². The lowest BCUT2D eigenvalue weighted by atomic mass is 10.1. The maximum Gasteiger partial charge on any atom is 0.329 e. The van der Waals surface area contributed by atoms with Gasteiger partial charge in [0, 0.05) is 29.9 Å². The number of amides is 1. The van der Waals surface area contributed by atoms with Gasteiger partial charge >= 0.3 is 5.69 Å². The summed E-state index contributed by atoms with van der Waals surface area (Å²) in [6, 6.07) is 10.2. The second-order valence-corrected chi connectivity index (χ2v) is 7.41. The zero-order valence-electron chi connectivity index (χ0n) is 17.0. The average molecular weight is 419 g/mol. The van der Waals surface area contributed by atoms with Crippen LogP contribution in [0, 0.1) is 11.3 Å². The largest absolute Gasteiger partial charge is 0.479 e. The van der Waals surface area contributed by atoms with Crippen LogP contribution in [0.15, 0.2) is 39.9 Å². The van der Waals surface area contributed by atoms with E-state index in [0.717, 1.165) is 12.8 Å². The van der Waals surface area contributed by atoms with Gasteiger partial charge in [-0.3, -0.25) is 19.1 Å². The van der Waals surface area contributed by atoms with Crippen LogP contribution in [0.5, 0.6) is 5.75 Å². The van der Waals surface area contributed by atoms with Gasteiger partial charge in [-0.05, 0) is 37.5 Å². The van der Waals surface area contributed by atoms with E-state index in [2.05, 4.69) is 15.3 Å². The molecule has 0 saturated heterocycles. The molecule has 1 aliphatic carbocycles. The first-order valence-corrected chi connectivity index (χ1v) is 10.1. The third kappa shape index (κ3) is 4.19. The number of anilines is 1. The molecule has 2 N–H and O–H groups in total. The zero-order chi connectivity index (χ0) is 22.0. The first-order chi connectivity index (χ1) is 15.0. The van der Waals surface area contributed by atoms with Crippen LogP contribution in [0.3, 0.4) is 0 Å². The molecule has 4 rings (SSSR count). The van der Waals surface area contributed by atoms with E-state index in [-0.39, 0.29) is 29.1 Å². The highest BCUT2D eigenvalue weighted by Crippen LogP contribution is 2.40. The lowest BCUT2D eigenvalue weighted by Gasteiger charge is -2.13. The van der Waals surface area contributed by atoms with E-state index in [1.807, 2.05) is 13.0 Å². The average Bonchev–Trinajstić information content (AvgIpc) is 3.60. The summed E-state index contributed by atoms with van der Waals surface area (Å²) in [5.41, 5.74) is 0.389. The van der Waals surface area contributed by atoms with Crippen LogP contribution in [0.4, 0.5) is 5.69 Å². The van der Waals surface area contributed by atoms with E-state index in [0.29, 0.717) is 30.1 Å². The molecule has 2 heterocycles. The molecule has 0 radical (unpaired) electrons. The van der Waals surface area contributed by atoms with E-state index in [1.54, 1.807) is 30.3 Å². The predicted octanol–water partition coefficient (Wildman–Crippen LogP) is 2.53. The summed E-state index contributed by atoms with van der Waals surface area (Å²) in [5, 5.41) is 11.5. The van der Waals surface area contributed by atoms with Crippen LogP contribution < -0.4 is 21.3 Å². The van der Waals surface area contributed by atoms with Crippen molar-refractivity contribution in [2.75, 3.05) is 11.9 Å². The fourth-order valence-electron chi connectivity index (χ4n) is 3.47. The molecular weight excluding hydrogens is 398 g/mol. The van der Waals surface area contributed by atoms with Crippen LogP contribution in [-0.2, 0) is 6.54 Å². The Labute approximate surface area is 177 Å². The molecule has 0 atom stereocenters. The van der Waals surface area contributed by atoms with Crippen molar-refractivity contribution < 1.29 is 9.53 Å². The van der Waals surface area contributed by atoms with E-state index in [1.165, 1.54) is 4.57 Å². The van der Waals surface area contributed by atoms with Gasteiger partial charge in [0.1, 0.15) is 11.8 Å². The van der Waals surface area contributed by atoms with Crippen molar-refractivity contribution in [1.82, 2.24) is 14.5 Å². The van der Waals surface area contributed by atoms with Gasteiger partial charge in [-0.25, -0.2) is 9.78 Å². The molecule has 1 amide bonds. The number of rotatable bonds is 7. The summed E-state index contributed by atoms with van der Waals surface area (Å²) < 4.78 is 6.68. The molecule has 0 spiro atoms. The third-order valence-corrected chi connectivity index (χ3v) is 5.05. The van der Waals surface area contributed by atoms with E-state index < -0.39 is 17.2 Å². The normalized spacial score (nSPS) is 13.0. The Kier molecular flexibility index (Phi) is 5.54. The van der Waals surface area contributed by atoms with Crippen molar-refractivity contribution in [2.45, 2.75) is 38.6 Å². The highest BCUT2D eigenvalue weighted by atomic mass is 16.5. The lowest BCUT2D eigenvalue weighted by molar-refractivity contribution is 0.102. The van der Waals surface area contributed by atoms with Crippen LogP contribution in [-0.4, -0.2) is 27.0 Å². The zero-order valence-corrected chi connectivity index (χ0v) is 17.0. The minimum atomic E-state index is -0.640. The summed E-state index contributed by atoms with van der Waals surface area (Å²) in [6.07, 6.45) is 2.59. The topological polar surface area (TPSA) is 130 Å². The number of nitrogens with zero attached hydrogens (tertiary/aromatic N) is 3. The monoisotopic (exact) mass is 419 g/mol. The van der Waals surface area contributed by atoms with Crippen molar-refractivity contribution in [2.24, 2.45) is 0 Å². The Morgan fingerprint density at radius 2 is 2.16 bits per heavy atom. The molecule has 3 aromatic rings. The standard InChI is InChI=1S/C22H21N5O4/c1-2-9-27-19-18(21(29)26-22(27)30)16(12-17(25-19)13-6-7-13)20(28)24-14-4-3-5-15(11-14)31-10-8-23/h3-5,11-13H,2,6-7,9-10H2,1H3,(H,24,28)(H,26,29,30). The fraction of sp³-hybridized carbons (Fsp3) is 0.318. The molecule has 0 unspecified atom stereocenters. The molecule has 2 aromatic heterocycles. The van der Waals surface area contributed by atoms with Crippen molar-refractivity contribution in [3.05, 3.63) is 62.4 Å². The first kappa shape index (κ1) is 20.3. The molecule has 158 valence electrons. The minimum absolute atomic E-state index is 0.0897. The van der Waals surface area contributed by atoms with E-state index in [4.69, 9.17) is 10.00 Å². The number of nitriles is 1. The van der Waals surface area contributed by atoms with Gasteiger partial charge in [-0.15, -0.1) is 0 Å². The van der Waals surface area contributed by atoms with Crippen LogP contribution in [0.1, 0.15) is 48.2 Å². The molecule has 9 heteroatoms. The Hall–Kier alpha value is -3.93. The molecule has 31 heavy (non-hydrogen) atoms. The number of ether oxygens (including phenoxy) is 1. The number of carbonyl (C=O) groups excluding carboxylic acids is 1. The number of aromatic amines is 1. The summed E-state index contributed by atoms with van der Waals surface area (Å²) in [4.78, 5) is 45.1. The Balaban J connectivity index is 1.80. The number of fused-ring (bicyclic) bond motifs is 1. The summed E-state index contributed by atoms with van der Waals surface area (Å²) >= 11 is 0. The maximum absolute atomic E-state index is 13.2. The quantitative estimate of drug-likeness (QED) is 0.605. The van der Waals surface area contributed by atoms with Crippen molar-refractivity contribution in [3.63, 3.8) is 0 Å². The SMILES string of the molecule is CCCn1c(=O)[nH]c(=O)c2c(C(=O)Nc3cccc(OCC#N)c3)cc(C3CC3)nc21. The van der Waals surface area contributed by atoms with Gasteiger partial charge < -0.3 is 10.1 Å². The molecular formula is C22H21N5O4. The predicted molar refractivity (Wildman–Crippen MR) is 114 cm³/mol. The minimum Gasteiger partial charge on any atom is -0.479 e. The molecule has 0 bridgehead atoms. The number of hydrogen-bond donors (Lipinski definition) is 2. The van der Waals surface area contributed by atoms with Crippen molar-refractivity contribution >= 4 is 22.6 Å². The maximum atomic E-state index is 13.2. The number of carbonyl (C=O) groups is 1. The number of nitrogens with one attached hydrogen (secondary N) is 2. The van der Waals surface area contributed by atoms with Crippen LogP contribution in [0.2, 0.25) is 0 Å².